The number of hydrogen-bond donors (Lipinski definition) is 1. The van der Waals surface area contributed by atoms with Crippen molar-refractivity contribution < 1.29 is 18.0 Å². The van der Waals surface area contributed by atoms with E-state index < -0.39 is 17.6 Å². The maximum absolute atomic E-state index is 13.6. The van der Waals surface area contributed by atoms with Crippen LogP contribution in [0.25, 0.3) is 10.2 Å². The van der Waals surface area contributed by atoms with Gasteiger partial charge in [0.25, 0.3) is 5.56 Å². The van der Waals surface area contributed by atoms with Crippen LogP contribution in [0.4, 0.5) is 18.9 Å². The first kappa shape index (κ1) is 24.4. The molecule has 182 valence electrons. The SMILES string of the molecule is CCN(CC)Cc1nc2sc3c(c2c(=O)n1CC(=O)Nc1cccc(C(F)(F)F)c1)CCCC3. The predicted octanol–water partition coefficient (Wildman–Crippen LogP) is 4.84. The second-order valence-corrected chi connectivity index (χ2v) is 9.48. The highest BCUT2D eigenvalue weighted by molar-refractivity contribution is 7.18. The second kappa shape index (κ2) is 9.87. The molecule has 0 spiro atoms. The van der Waals surface area contributed by atoms with Gasteiger partial charge in [-0.05, 0) is 62.5 Å². The van der Waals surface area contributed by atoms with Crippen LogP contribution in [-0.2, 0) is 36.9 Å². The molecule has 0 radical (unpaired) electrons. The van der Waals surface area contributed by atoms with Crippen LogP contribution in [0.2, 0.25) is 0 Å². The molecule has 1 N–H and O–H groups in total. The molecule has 0 saturated heterocycles. The maximum atomic E-state index is 13.6. The molecule has 0 unspecified atom stereocenters. The number of thiophene rings is 1. The summed E-state index contributed by atoms with van der Waals surface area (Å²) in [6.45, 7) is 5.60. The van der Waals surface area contributed by atoms with Crippen molar-refractivity contribution in [3.05, 3.63) is 56.4 Å². The van der Waals surface area contributed by atoms with Crippen LogP contribution in [0.15, 0.2) is 29.1 Å². The van der Waals surface area contributed by atoms with Gasteiger partial charge >= 0.3 is 6.18 Å². The highest BCUT2D eigenvalue weighted by atomic mass is 32.1. The number of carbonyl (C=O) groups excluding carboxylic acids is 1. The van der Waals surface area contributed by atoms with Crippen molar-refractivity contribution >= 4 is 33.1 Å². The third-order valence-electron chi connectivity index (χ3n) is 6.19. The van der Waals surface area contributed by atoms with Crippen molar-refractivity contribution in [1.29, 1.82) is 0 Å². The minimum absolute atomic E-state index is 0.0279. The number of anilines is 1. The third kappa shape index (κ3) is 5.02. The Morgan fingerprint density at radius 2 is 1.94 bits per heavy atom. The summed E-state index contributed by atoms with van der Waals surface area (Å²) in [6.07, 6.45) is -0.674. The van der Waals surface area contributed by atoms with Crippen LogP contribution < -0.4 is 10.9 Å². The van der Waals surface area contributed by atoms with Crippen LogP contribution >= 0.6 is 11.3 Å². The number of nitrogens with one attached hydrogen (secondary N) is 1. The third-order valence-corrected chi connectivity index (χ3v) is 7.37. The highest BCUT2D eigenvalue weighted by Crippen LogP contribution is 2.34. The number of rotatable bonds is 7. The van der Waals surface area contributed by atoms with E-state index in [9.17, 15) is 22.8 Å². The molecular formula is C24H27F3N4O2S. The number of hydrogen-bond acceptors (Lipinski definition) is 5. The van der Waals surface area contributed by atoms with Gasteiger partial charge in [0.15, 0.2) is 0 Å². The lowest BCUT2D eigenvalue weighted by atomic mass is 9.97. The summed E-state index contributed by atoms with van der Waals surface area (Å²) < 4.78 is 40.5. The Morgan fingerprint density at radius 1 is 1.21 bits per heavy atom. The summed E-state index contributed by atoms with van der Waals surface area (Å²) in [5.74, 6) is -0.0912. The molecule has 2 aromatic heterocycles. The fourth-order valence-electron chi connectivity index (χ4n) is 4.33. The van der Waals surface area contributed by atoms with Gasteiger partial charge in [0.05, 0.1) is 17.5 Å². The van der Waals surface area contributed by atoms with E-state index in [0.29, 0.717) is 22.6 Å². The van der Waals surface area contributed by atoms with E-state index in [0.717, 1.165) is 56.5 Å². The lowest BCUT2D eigenvalue weighted by Crippen LogP contribution is -2.34. The van der Waals surface area contributed by atoms with Gasteiger partial charge in [-0.25, -0.2) is 4.98 Å². The average Bonchev–Trinajstić information content (AvgIpc) is 3.17. The van der Waals surface area contributed by atoms with Gasteiger partial charge in [0.1, 0.15) is 17.2 Å². The molecule has 34 heavy (non-hydrogen) atoms. The van der Waals surface area contributed by atoms with E-state index in [2.05, 4.69) is 10.2 Å². The van der Waals surface area contributed by atoms with Crippen molar-refractivity contribution in [1.82, 2.24) is 14.5 Å². The van der Waals surface area contributed by atoms with E-state index in [1.807, 2.05) is 13.8 Å². The van der Waals surface area contributed by atoms with E-state index in [1.54, 1.807) is 11.3 Å². The van der Waals surface area contributed by atoms with Crippen molar-refractivity contribution in [3.63, 3.8) is 0 Å². The molecule has 1 amide bonds. The first-order chi connectivity index (χ1) is 16.2. The molecule has 6 nitrogen and oxygen atoms in total. The normalized spacial score (nSPS) is 13.9. The minimum atomic E-state index is -4.51. The number of carbonyl (C=O) groups is 1. The van der Waals surface area contributed by atoms with Crippen LogP contribution in [0, 0.1) is 0 Å². The van der Waals surface area contributed by atoms with E-state index in [-0.39, 0.29) is 17.8 Å². The number of aromatic nitrogens is 2. The lowest BCUT2D eigenvalue weighted by Gasteiger charge is -2.20. The van der Waals surface area contributed by atoms with Crippen LogP contribution in [0.5, 0.6) is 0 Å². The Hall–Kier alpha value is -2.72. The molecule has 2 heterocycles. The van der Waals surface area contributed by atoms with Crippen molar-refractivity contribution in [3.8, 4) is 0 Å². The summed E-state index contributed by atoms with van der Waals surface area (Å²) in [5, 5.41) is 3.08. The average molecular weight is 493 g/mol. The summed E-state index contributed by atoms with van der Waals surface area (Å²) in [4.78, 5) is 35.2. The van der Waals surface area contributed by atoms with Crippen LogP contribution in [0.1, 0.15) is 48.5 Å². The van der Waals surface area contributed by atoms with Crippen LogP contribution in [0.3, 0.4) is 0 Å². The van der Waals surface area contributed by atoms with E-state index >= 15 is 0 Å². The molecule has 1 aliphatic carbocycles. The first-order valence-electron chi connectivity index (χ1n) is 11.4. The maximum Gasteiger partial charge on any atom is 0.416 e. The predicted molar refractivity (Wildman–Crippen MR) is 127 cm³/mol. The van der Waals surface area contributed by atoms with E-state index in [4.69, 9.17) is 4.98 Å². The van der Waals surface area contributed by atoms with Crippen LogP contribution in [-0.4, -0.2) is 33.4 Å². The number of aryl methyl sites for hydroxylation is 2. The Balaban J connectivity index is 1.70. The number of alkyl halides is 3. The van der Waals surface area contributed by atoms with Gasteiger partial charge in [0.2, 0.25) is 5.91 Å². The fraction of sp³-hybridized carbons (Fsp3) is 0.458. The molecule has 0 atom stereocenters. The largest absolute Gasteiger partial charge is 0.416 e. The van der Waals surface area contributed by atoms with Gasteiger partial charge in [-0.2, -0.15) is 13.2 Å². The molecule has 10 heteroatoms. The summed E-state index contributed by atoms with van der Waals surface area (Å²) in [6, 6.07) is 4.46. The molecule has 3 aromatic rings. The van der Waals surface area contributed by atoms with Gasteiger partial charge < -0.3 is 5.32 Å². The number of benzene rings is 1. The number of nitrogens with zero attached hydrogens (tertiary/aromatic N) is 3. The number of halogens is 3. The Bertz CT molecular complexity index is 1260. The second-order valence-electron chi connectivity index (χ2n) is 8.40. The monoisotopic (exact) mass is 492 g/mol. The summed E-state index contributed by atoms with van der Waals surface area (Å²) >= 11 is 1.55. The van der Waals surface area contributed by atoms with Gasteiger partial charge in [-0.1, -0.05) is 19.9 Å². The Labute approximate surface area is 199 Å². The molecule has 0 aliphatic heterocycles. The van der Waals surface area contributed by atoms with Crippen molar-refractivity contribution in [2.45, 2.75) is 58.8 Å². The molecule has 4 rings (SSSR count). The molecule has 0 bridgehead atoms. The summed E-state index contributed by atoms with van der Waals surface area (Å²) in [7, 11) is 0. The fourth-order valence-corrected chi connectivity index (χ4v) is 5.60. The standard InChI is InChI=1S/C24H27F3N4O2S/c1-3-30(4-2)13-19-29-22-21(17-10-5-6-11-18(17)34-22)23(33)31(19)14-20(32)28-16-9-7-8-15(12-16)24(25,26)27/h7-9,12H,3-6,10-11,13-14H2,1-2H3,(H,28,32). The van der Waals surface area contributed by atoms with Gasteiger partial charge in [-0.3, -0.25) is 19.1 Å². The smallest absolute Gasteiger partial charge is 0.325 e. The van der Waals surface area contributed by atoms with Gasteiger partial charge in [0, 0.05) is 10.6 Å². The Kier molecular flexibility index (Phi) is 7.09. The first-order valence-corrected chi connectivity index (χ1v) is 12.3. The summed E-state index contributed by atoms with van der Waals surface area (Å²) in [5.41, 5.74) is -0.0475. The number of fused-ring (bicyclic) bond motifs is 3. The molecule has 0 fully saturated rings. The zero-order valence-electron chi connectivity index (χ0n) is 19.2. The topological polar surface area (TPSA) is 67.2 Å². The molecule has 0 saturated carbocycles. The van der Waals surface area contributed by atoms with Crippen molar-refractivity contribution in [2.75, 3.05) is 18.4 Å². The number of amides is 1. The Morgan fingerprint density at radius 3 is 2.65 bits per heavy atom. The molecule has 1 aliphatic rings. The zero-order valence-corrected chi connectivity index (χ0v) is 20.0. The quantitative estimate of drug-likeness (QED) is 0.513. The molecular weight excluding hydrogens is 465 g/mol. The van der Waals surface area contributed by atoms with Crippen molar-refractivity contribution in [2.24, 2.45) is 0 Å². The molecule has 1 aromatic carbocycles. The highest BCUT2D eigenvalue weighted by Gasteiger charge is 2.30. The zero-order chi connectivity index (χ0) is 24.5. The lowest BCUT2D eigenvalue weighted by molar-refractivity contribution is -0.137. The van der Waals surface area contributed by atoms with Gasteiger partial charge in [-0.15, -0.1) is 11.3 Å². The van der Waals surface area contributed by atoms with E-state index in [1.165, 1.54) is 21.6 Å². The minimum Gasteiger partial charge on any atom is -0.325 e.